The molecule has 0 aromatic heterocycles. The molecule has 0 bridgehead atoms. The predicted octanol–water partition coefficient (Wildman–Crippen LogP) is 2.96. The highest BCUT2D eigenvalue weighted by atomic mass is 127. The number of amides is 2. The van der Waals surface area contributed by atoms with Gasteiger partial charge in [0, 0.05) is 9.61 Å². The Bertz CT molecular complexity index is 489. The summed E-state index contributed by atoms with van der Waals surface area (Å²) in [5.41, 5.74) is 0.596. The molecule has 1 aromatic carbocycles. The third-order valence-corrected chi connectivity index (χ3v) is 4.05. The first kappa shape index (κ1) is 17.9. The van der Waals surface area contributed by atoms with Gasteiger partial charge in [-0.3, -0.25) is 9.59 Å². The van der Waals surface area contributed by atoms with E-state index in [1.54, 1.807) is 6.07 Å². The fourth-order valence-corrected chi connectivity index (χ4v) is 2.51. The van der Waals surface area contributed by atoms with E-state index in [9.17, 15) is 9.59 Å². The largest absolute Gasteiger partial charge is 0.352 e. The number of carbonyl (C=O) groups is 2. The van der Waals surface area contributed by atoms with Crippen LogP contribution in [0.5, 0.6) is 0 Å². The normalized spacial score (nSPS) is 12.0. The average Bonchev–Trinajstić information content (AvgIpc) is 2.43. The number of hydrogen-bond acceptors (Lipinski definition) is 2. The van der Waals surface area contributed by atoms with Crippen molar-refractivity contribution in [3.05, 3.63) is 33.4 Å². The summed E-state index contributed by atoms with van der Waals surface area (Å²) in [7, 11) is 0. The number of halogens is 1. The van der Waals surface area contributed by atoms with E-state index in [0.717, 1.165) is 16.4 Å². The number of benzene rings is 1. The Balaban J connectivity index is 2.36. The molecule has 2 amide bonds. The molecule has 1 aromatic rings. The monoisotopic (exact) mass is 402 g/mol. The molecule has 116 valence electrons. The first-order chi connectivity index (χ1) is 9.90. The van der Waals surface area contributed by atoms with E-state index in [-0.39, 0.29) is 24.4 Å². The van der Waals surface area contributed by atoms with Gasteiger partial charge in [0.15, 0.2) is 0 Å². The van der Waals surface area contributed by atoms with Gasteiger partial charge < -0.3 is 10.6 Å². The van der Waals surface area contributed by atoms with Crippen LogP contribution in [0.4, 0.5) is 0 Å². The second-order valence-corrected chi connectivity index (χ2v) is 6.76. The molecule has 0 radical (unpaired) electrons. The van der Waals surface area contributed by atoms with Crippen molar-refractivity contribution in [1.29, 1.82) is 0 Å². The second kappa shape index (κ2) is 9.02. The summed E-state index contributed by atoms with van der Waals surface area (Å²) in [4.78, 5) is 23.8. The average molecular weight is 402 g/mol. The Morgan fingerprint density at radius 3 is 2.43 bits per heavy atom. The molecule has 0 fully saturated rings. The number of nitrogens with one attached hydrogen (secondary N) is 2. The Labute approximate surface area is 140 Å². The summed E-state index contributed by atoms with van der Waals surface area (Å²) < 4.78 is 0.873. The summed E-state index contributed by atoms with van der Waals surface area (Å²) in [6.07, 6.45) is 2.03. The zero-order valence-electron chi connectivity index (χ0n) is 12.8. The predicted molar refractivity (Wildman–Crippen MR) is 93.2 cm³/mol. The molecule has 0 spiro atoms. The minimum absolute atomic E-state index is 0.00975. The first-order valence-electron chi connectivity index (χ1n) is 7.22. The van der Waals surface area contributed by atoms with Gasteiger partial charge in [0.05, 0.1) is 12.1 Å². The zero-order valence-corrected chi connectivity index (χ0v) is 14.9. The highest BCUT2D eigenvalue weighted by Gasteiger charge is 2.12. The minimum atomic E-state index is -0.218. The van der Waals surface area contributed by atoms with Crippen LogP contribution in [0.15, 0.2) is 24.3 Å². The Hall–Kier alpha value is -1.11. The van der Waals surface area contributed by atoms with Crippen molar-refractivity contribution < 1.29 is 9.59 Å². The van der Waals surface area contributed by atoms with E-state index in [1.165, 1.54) is 0 Å². The minimum Gasteiger partial charge on any atom is -0.352 e. The van der Waals surface area contributed by atoms with Crippen molar-refractivity contribution in [2.75, 3.05) is 6.54 Å². The van der Waals surface area contributed by atoms with Crippen molar-refractivity contribution >= 4 is 34.4 Å². The topological polar surface area (TPSA) is 58.2 Å². The molecule has 0 aliphatic rings. The fraction of sp³-hybridized carbons (Fsp3) is 0.500. The van der Waals surface area contributed by atoms with Crippen LogP contribution in [0.1, 0.15) is 44.0 Å². The molecule has 1 atom stereocenters. The molecule has 0 saturated heterocycles. The molecule has 1 unspecified atom stereocenters. The molecule has 4 nitrogen and oxygen atoms in total. The molecule has 0 aliphatic heterocycles. The van der Waals surface area contributed by atoms with E-state index in [4.69, 9.17) is 0 Å². The lowest BCUT2D eigenvalue weighted by Crippen LogP contribution is -2.41. The smallest absolute Gasteiger partial charge is 0.252 e. The van der Waals surface area contributed by atoms with E-state index in [1.807, 2.05) is 25.1 Å². The molecule has 2 N–H and O–H groups in total. The van der Waals surface area contributed by atoms with Gasteiger partial charge in [-0.1, -0.05) is 26.0 Å². The molecule has 21 heavy (non-hydrogen) atoms. The molecule has 5 heteroatoms. The van der Waals surface area contributed by atoms with Gasteiger partial charge in [0.25, 0.3) is 5.91 Å². The van der Waals surface area contributed by atoms with Crippen LogP contribution < -0.4 is 10.6 Å². The lowest BCUT2D eigenvalue weighted by atomic mass is 10.0. The molecular formula is C16H23IN2O2. The van der Waals surface area contributed by atoms with Crippen LogP contribution in [0, 0.1) is 9.49 Å². The van der Waals surface area contributed by atoms with Crippen LogP contribution in [-0.2, 0) is 4.79 Å². The van der Waals surface area contributed by atoms with Gasteiger partial charge in [-0.05, 0) is 60.4 Å². The van der Waals surface area contributed by atoms with Gasteiger partial charge in [-0.15, -0.1) is 0 Å². The maximum atomic E-state index is 12.0. The van der Waals surface area contributed by atoms with Gasteiger partial charge in [0.1, 0.15) is 0 Å². The van der Waals surface area contributed by atoms with E-state index in [0.29, 0.717) is 11.5 Å². The Kier molecular flexibility index (Phi) is 7.71. The van der Waals surface area contributed by atoms with E-state index in [2.05, 4.69) is 47.1 Å². The third kappa shape index (κ3) is 6.93. The van der Waals surface area contributed by atoms with Crippen molar-refractivity contribution in [3.63, 3.8) is 0 Å². The summed E-state index contributed by atoms with van der Waals surface area (Å²) in [6, 6.07) is 7.44. The van der Waals surface area contributed by atoms with Crippen molar-refractivity contribution in [3.8, 4) is 0 Å². The maximum absolute atomic E-state index is 12.0. The number of hydrogen-bond donors (Lipinski definition) is 2. The van der Waals surface area contributed by atoms with Crippen LogP contribution in [0.3, 0.4) is 0 Å². The van der Waals surface area contributed by atoms with Gasteiger partial charge >= 0.3 is 0 Å². The summed E-state index contributed by atoms with van der Waals surface area (Å²) >= 11 is 2.11. The van der Waals surface area contributed by atoms with Crippen molar-refractivity contribution in [2.24, 2.45) is 5.92 Å². The zero-order chi connectivity index (χ0) is 15.8. The first-order valence-corrected chi connectivity index (χ1v) is 8.30. The lowest BCUT2D eigenvalue weighted by molar-refractivity contribution is -0.120. The lowest BCUT2D eigenvalue weighted by Gasteiger charge is -2.15. The molecule has 1 rings (SSSR count). The summed E-state index contributed by atoms with van der Waals surface area (Å²) in [5.74, 6) is 0.264. The van der Waals surface area contributed by atoms with Crippen molar-refractivity contribution in [2.45, 2.75) is 39.7 Å². The van der Waals surface area contributed by atoms with Crippen LogP contribution in [0.25, 0.3) is 0 Å². The molecular weight excluding hydrogens is 379 g/mol. The van der Waals surface area contributed by atoms with E-state index < -0.39 is 0 Å². The van der Waals surface area contributed by atoms with Crippen LogP contribution in [-0.4, -0.2) is 24.4 Å². The highest BCUT2D eigenvalue weighted by molar-refractivity contribution is 14.1. The molecule has 0 saturated carbocycles. The molecule has 0 aliphatic carbocycles. The maximum Gasteiger partial charge on any atom is 0.252 e. The fourth-order valence-electron chi connectivity index (χ4n) is 1.88. The Morgan fingerprint density at radius 2 is 1.81 bits per heavy atom. The third-order valence-electron chi connectivity index (χ3n) is 3.11. The Morgan fingerprint density at radius 1 is 1.14 bits per heavy atom. The number of rotatable bonds is 7. The van der Waals surface area contributed by atoms with Crippen molar-refractivity contribution in [1.82, 2.24) is 10.6 Å². The molecule has 0 heterocycles. The van der Waals surface area contributed by atoms with Crippen LogP contribution in [0.2, 0.25) is 0 Å². The van der Waals surface area contributed by atoms with Gasteiger partial charge in [0.2, 0.25) is 5.91 Å². The quantitative estimate of drug-likeness (QED) is 0.690. The number of carbonyl (C=O) groups excluding carboxylic acids is 2. The van der Waals surface area contributed by atoms with Crippen LogP contribution >= 0.6 is 22.6 Å². The standard InChI is InChI=1S/C16H23IN2O2/c1-11(2)8-9-12(3)19-15(20)10-18-16(21)13-6-4-5-7-14(13)17/h4-7,11-12H,8-10H2,1-3H3,(H,18,21)(H,19,20). The van der Waals surface area contributed by atoms with E-state index >= 15 is 0 Å². The summed E-state index contributed by atoms with van der Waals surface area (Å²) in [6.45, 7) is 6.32. The highest BCUT2D eigenvalue weighted by Crippen LogP contribution is 2.10. The summed E-state index contributed by atoms with van der Waals surface area (Å²) in [5, 5.41) is 5.56. The SMILES string of the molecule is CC(C)CCC(C)NC(=O)CNC(=O)c1ccccc1I. The van der Waals surface area contributed by atoms with Gasteiger partial charge in [-0.2, -0.15) is 0 Å². The second-order valence-electron chi connectivity index (χ2n) is 5.60. The van der Waals surface area contributed by atoms with Gasteiger partial charge in [-0.25, -0.2) is 0 Å².